The van der Waals surface area contributed by atoms with Crippen LogP contribution in [0, 0.1) is 11.6 Å². The molecule has 1 aliphatic heterocycles. The lowest BCUT2D eigenvalue weighted by Gasteiger charge is -2.42. The highest BCUT2D eigenvalue weighted by molar-refractivity contribution is 5.23. The molecular weight excluding hydrogens is 250 g/mol. The molecule has 1 aliphatic rings. The molecule has 1 heterocycles. The van der Waals surface area contributed by atoms with Crippen LogP contribution in [-0.4, -0.2) is 19.0 Å². The maximum atomic E-state index is 13.3. The van der Waals surface area contributed by atoms with Crippen LogP contribution >= 0.6 is 0 Å². The molecule has 0 spiro atoms. The second-order valence-corrected chi connectivity index (χ2v) is 5.04. The van der Waals surface area contributed by atoms with Gasteiger partial charge in [-0.1, -0.05) is 20.3 Å². The van der Waals surface area contributed by atoms with Crippen LogP contribution in [-0.2, 0) is 9.47 Å². The Balaban J connectivity index is 2.30. The van der Waals surface area contributed by atoms with Crippen molar-refractivity contribution in [3.63, 3.8) is 0 Å². The van der Waals surface area contributed by atoms with Gasteiger partial charge in [-0.15, -0.1) is 0 Å². The zero-order valence-corrected chi connectivity index (χ0v) is 11.4. The fraction of sp³-hybridized carbons (Fsp3) is 0.600. The minimum atomic E-state index is -0.757. The second kappa shape index (κ2) is 5.97. The Morgan fingerprint density at radius 1 is 1.16 bits per heavy atom. The summed E-state index contributed by atoms with van der Waals surface area (Å²) in [6.45, 7) is 5.20. The van der Waals surface area contributed by atoms with Gasteiger partial charge in [0, 0.05) is 18.4 Å². The summed E-state index contributed by atoms with van der Waals surface area (Å²) < 4.78 is 38.4. The van der Waals surface area contributed by atoms with Crippen LogP contribution in [0.2, 0.25) is 0 Å². The van der Waals surface area contributed by atoms with Crippen molar-refractivity contribution in [3.8, 4) is 0 Å². The SMILES string of the molecule is CCCC1(C(C)c2cc(F)cc(F)c2)OCCCO1. The molecule has 1 unspecified atom stereocenters. The van der Waals surface area contributed by atoms with Crippen LogP contribution in [0.25, 0.3) is 0 Å². The monoisotopic (exact) mass is 270 g/mol. The van der Waals surface area contributed by atoms with Crippen LogP contribution in [0.5, 0.6) is 0 Å². The van der Waals surface area contributed by atoms with Gasteiger partial charge in [0.15, 0.2) is 5.79 Å². The van der Waals surface area contributed by atoms with Gasteiger partial charge in [-0.2, -0.15) is 0 Å². The van der Waals surface area contributed by atoms with E-state index in [0.29, 0.717) is 25.2 Å². The summed E-state index contributed by atoms with van der Waals surface area (Å²) in [5.74, 6) is -2.10. The van der Waals surface area contributed by atoms with Gasteiger partial charge in [-0.3, -0.25) is 0 Å². The Bertz CT molecular complexity index is 402. The van der Waals surface area contributed by atoms with Crippen molar-refractivity contribution in [2.45, 2.75) is 44.8 Å². The first-order valence-electron chi connectivity index (χ1n) is 6.81. The molecule has 1 aromatic carbocycles. The van der Waals surface area contributed by atoms with E-state index in [1.54, 1.807) is 0 Å². The Morgan fingerprint density at radius 3 is 2.26 bits per heavy atom. The Morgan fingerprint density at radius 2 is 1.74 bits per heavy atom. The summed E-state index contributed by atoms with van der Waals surface area (Å²) in [5.41, 5.74) is 0.577. The smallest absolute Gasteiger partial charge is 0.174 e. The summed E-state index contributed by atoms with van der Waals surface area (Å²) in [4.78, 5) is 0. The molecule has 0 aromatic heterocycles. The zero-order valence-electron chi connectivity index (χ0n) is 11.4. The molecule has 0 aliphatic carbocycles. The maximum Gasteiger partial charge on any atom is 0.174 e. The molecule has 0 bridgehead atoms. The number of halogens is 2. The molecule has 2 rings (SSSR count). The lowest BCUT2D eigenvalue weighted by atomic mass is 9.88. The van der Waals surface area contributed by atoms with Crippen molar-refractivity contribution in [2.24, 2.45) is 0 Å². The molecule has 1 aromatic rings. The number of rotatable bonds is 4. The molecule has 1 fully saturated rings. The first-order chi connectivity index (χ1) is 9.07. The standard InChI is InChI=1S/C15H20F2O2/c1-3-5-15(18-6-4-7-19-15)11(2)12-8-13(16)10-14(17)9-12/h8-11H,3-7H2,1-2H3. The van der Waals surface area contributed by atoms with Gasteiger partial charge < -0.3 is 9.47 Å². The van der Waals surface area contributed by atoms with E-state index in [2.05, 4.69) is 0 Å². The van der Waals surface area contributed by atoms with Crippen molar-refractivity contribution in [2.75, 3.05) is 13.2 Å². The minimum absolute atomic E-state index is 0.210. The number of hydrogen-bond donors (Lipinski definition) is 0. The number of hydrogen-bond acceptors (Lipinski definition) is 2. The topological polar surface area (TPSA) is 18.5 Å². The lowest BCUT2D eigenvalue weighted by molar-refractivity contribution is -0.280. The fourth-order valence-corrected chi connectivity index (χ4v) is 2.63. The summed E-state index contributed by atoms with van der Waals surface area (Å²) in [6, 6.07) is 3.59. The highest BCUT2D eigenvalue weighted by atomic mass is 19.1. The van der Waals surface area contributed by atoms with Gasteiger partial charge in [0.25, 0.3) is 0 Å². The van der Waals surface area contributed by atoms with Gasteiger partial charge in [-0.05, 0) is 24.1 Å². The van der Waals surface area contributed by atoms with Gasteiger partial charge in [-0.25, -0.2) is 8.78 Å². The third-order valence-electron chi connectivity index (χ3n) is 3.62. The van der Waals surface area contributed by atoms with Crippen molar-refractivity contribution in [1.29, 1.82) is 0 Å². The highest BCUT2D eigenvalue weighted by Crippen LogP contribution is 2.38. The molecule has 2 nitrogen and oxygen atoms in total. The van der Waals surface area contributed by atoms with Crippen molar-refractivity contribution in [1.82, 2.24) is 0 Å². The predicted octanol–water partition coefficient (Wildman–Crippen LogP) is 4.00. The maximum absolute atomic E-state index is 13.3. The highest BCUT2D eigenvalue weighted by Gasteiger charge is 2.40. The van der Waals surface area contributed by atoms with Crippen LogP contribution < -0.4 is 0 Å². The molecule has 0 N–H and O–H groups in total. The molecule has 106 valence electrons. The van der Waals surface area contributed by atoms with Gasteiger partial charge >= 0.3 is 0 Å². The molecular formula is C15H20F2O2. The molecule has 0 radical (unpaired) electrons. The normalized spacial score (nSPS) is 20.2. The van der Waals surface area contributed by atoms with E-state index in [9.17, 15) is 8.78 Å². The summed E-state index contributed by atoms with van der Waals surface area (Å²) in [7, 11) is 0. The van der Waals surface area contributed by atoms with Crippen LogP contribution in [0.4, 0.5) is 8.78 Å². The van der Waals surface area contributed by atoms with E-state index in [0.717, 1.165) is 18.9 Å². The van der Waals surface area contributed by atoms with Crippen molar-refractivity contribution >= 4 is 0 Å². The zero-order chi connectivity index (χ0) is 13.9. The Labute approximate surface area is 112 Å². The summed E-state index contributed by atoms with van der Waals surface area (Å²) >= 11 is 0. The summed E-state index contributed by atoms with van der Waals surface area (Å²) in [5, 5.41) is 0. The number of benzene rings is 1. The van der Waals surface area contributed by atoms with E-state index in [4.69, 9.17) is 9.47 Å². The second-order valence-electron chi connectivity index (χ2n) is 5.04. The quantitative estimate of drug-likeness (QED) is 0.823. The van der Waals surface area contributed by atoms with E-state index < -0.39 is 17.4 Å². The average Bonchev–Trinajstić information content (AvgIpc) is 2.38. The fourth-order valence-electron chi connectivity index (χ4n) is 2.63. The van der Waals surface area contributed by atoms with Gasteiger partial charge in [0.2, 0.25) is 0 Å². The van der Waals surface area contributed by atoms with E-state index >= 15 is 0 Å². The van der Waals surface area contributed by atoms with Gasteiger partial charge in [0.1, 0.15) is 11.6 Å². The van der Waals surface area contributed by atoms with Crippen molar-refractivity contribution < 1.29 is 18.3 Å². The van der Waals surface area contributed by atoms with Crippen LogP contribution in [0.1, 0.15) is 44.6 Å². The Kier molecular flexibility index (Phi) is 4.53. The van der Waals surface area contributed by atoms with E-state index in [1.165, 1.54) is 12.1 Å². The first-order valence-corrected chi connectivity index (χ1v) is 6.81. The summed E-state index contributed by atoms with van der Waals surface area (Å²) in [6.07, 6.45) is 2.46. The predicted molar refractivity (Wildman–Crippen MR) is 68.9 cm³/mol. The van der Waals surface area contributed by atoms with Gasteiger partial charge in [0.05, 0.1) is 13.2 Å². The largest absolute Gasteiger partial charge is 0.349 e. The van der Waals surface area contributed by atoms with Crippen LogP contribution in [0.15, 0.2) is 18.2 Å². The van der Waals surface area contributed by atoms with E-state index in [-0.39, 0.29) is 5.92 Å². The lowest BCUT2D eigenvalue weighted by Crippen LogP contribution is -2.45. The molecule has 4 heteroatoms. The Hall–Kier alpha value is -1.00. The van der Waals surface area contributed by atoms with Crippen LogP contribution in [0.3, 0.4) is 0 Å². The molecule has 0 amide bonds. The molecule has 19 heavy (non-hydrogen) atoms. The first kappa shape index (κ1) is 14.4. The molecule has 1 atom stereocenters. The number of ether oxygens (including phenoxy) is 2. The third kappa shape index (κ3) is 3.12. The third-order valence-corrected chi connectivity index (χ3v) is 3.62. The van der Waals surface area contributed by atoms with E-state index in [1.807, 2.05) is 13.8 Å². The minimum Gasteiger partial charge on any atom is -0.349 e. The van der Waals surface area contributed by atoms with Crippen molar-refractivity contribution in [3.05, 3.63) is 35.4 Å². The molecule has 1 saturated heterocycles. The average molecular weight is 270 g/mol. The molecule has 0 saturated carbocycles.